The van der Waals surface area contributed by atoms with E-state index in [0.29, 0.717) is 6.01 Å². The van der Waals surface area contributed by atoms with Crippen LogP contribution < -0.4 is 5.32 Å². The zero-order valence-electron chi connectivity index (χ0n) is 15.8. The molecule has 2 heterocycles. The molecule has 4 aromatic rings. The first-order valence-corrected chi connectivity index (χ1v) is 10.0. The second kappa shape index (κ2) is 7.47. The Hall–Kier alpha value is -3.14. The fourth-order valence-corrected chi connectivity index (χ4v) is 4.05. The monoisotopic (exact) mass is 369 g/mol. The number of hydrogen-bond acceptors (Lipinski definition) is 4. The van der Waals surface area contributed by atoms with Crippen LogP contribution in [0.3, 0.4) is 0 Å². The maximum Gasteiger partial charge on any atom is 0.300 e. The van der Waals surface area contributed by atoms with Gasteiger partial charge in [-0.2, -0.15) is 4.98 Å². The van der Waals surface area contributed by atoms with Gasteiger partial charge in [-0.25, -0.2) is 0 Å². The molecule has 0 radical (unpaired) electrons. The van der Waals surface area contributed by atoms with E-state index in [1.807, 2.05) is 42.6 Å². The summed E-state index contributed by atoms with van der Waals surface area (Å²) in [4.78, 5) is 9.05. The summed E-state index contributed by atoms with van der Waals surface area (Å²) in [6.07, 6.45) is 8.59. The lowest BCUT2D eigenvalue weighted by atomic mass is 9.84. The molecule has 1 N–H and O–H groups in total. The predicted molar refractivity (Wildman–Crippen MR) is 113 cm³/mol. The molecule has 2 aromatic carbocycles. The van der Waals surface area contributed by atoms with Gasteiger partial charge in [-0.05, 0) is 48.6 Å². The van der Waals surface area contributed by atoms with E-state index in [1.165, 1.54) is 37.7 Å². The lowest BCUT2D eigenvalue weighted by Crippen LogP contribution is -2.04. The van der Waals surface area contributed by atoms with E-state index < -0.39 is 0 Å². The summed E-state index contributed by atoms with van der Waals surface area (Å²) in [5, 5.41) is 3.18. The fourth-order valence-electron chi connectivity index (χ4n) is 4.05. The van der Waals surface area contributed by atoms with Crippen LogP contribution in [-0.4, -0.2) is 9.97 Å². The number of rotatable bonds is 4. The van der Waals surface area contributed by atoms with Crippen molar-refractivity contribution in [1.82, 2.24) is 9.97 Å². The third-order valence-electron chi connectivity index (χ3n) is 5.59. The third kappa shape index (κ3) is 3.50. The number of nitrogens with zero attached hydrogens (tertiary/aromatic N) is 2. The van der Waals surface area contributed by atoms with Gasteiger partial charge in [-0.3, -0.25) is 4.98 Å². The summed E-state index contributed by atoms with van der Waals surface area (Å²) in [5.74, 6) is 0.735. The van der Waals surface area contributed by atoms with Crippen LogP contribution in [0.15, 0.2) is 71.3 Å². The molecule has 1 aliphatic carbocycles. The maximum atomic E-state index is 5.71. The van der Waals surface area contributed by atoms with Crippen LogP contribution in [-0.2, 0) is 0 Å². The number of oxazole rings is 1. The Morgan fingerprint density at radius 2 is 1.68 bits per heavy atom. The Kier molecular flexibility index (Phi) is 4.53. The summed E-state index contributed by atoms with van der Waals surface area (Å²) < 4.78 is 5.71. The number of pyridine rings is 1. The molecule has 1 aliphatic rings. The molecule has 1 fully saturated rings. The average molecular weight is 369 g/mol. The summed E-state index contributed by atoms with van der Waals surface area (Å²) >= 11 is 0. The van der Waals surface area contributed by atoms with Crippen molar-refractivity contribution in [3.05, 3.63) is 72.4 Å². The van der Waals surface area contributed by atoms with Gasteiger partial charge in [0, 0.05) is 5.56 Å². The second-order valence-electron chi connectivity index (χ2n) is 7.50. The van der Waals surface area contributed by atoms with Crippen molar-refractivity contribution >= 4 is 22.8 Å². The molecule has 0 spiro atoms. The molecule has 0 bridgehead atoms. The Bertz CT molecular complexity index is 1030. The molecule has 0 saturated heterocycles. The molecular formula is C24H23N3O. The van der Waals surface area contributed by atoms with Gasteiger partial charge in [0.1, 0.15) is 5.52 Å². The van der Waals surface area contributed by atoms with E-state index in [1.54, 1.807) is 0 Å². The number of hydrogen-bond donors (Lipinski definition) is 1. The van der Waals surface area contributed by atoms with E-state index >= 15 is 0 Å². The van der Waals surface area contributed by atoms with Crippen molar-refractivity contribution in [2.24, 2.45) is 0 Å². The van der Waals surface area contributed by atoms with Gasteiger partial charge in [0.2, 0.25) is 0 Å². The maximum absolute atomic E-state index is 5.71. The highest BCUT2D eigenvalue weighted by atomic mass is 16.4. The van der Waals surface area contributed by atoms with Crippen LogP contribution in [0.2, 0.25) is 0 Å². The van der Waals surface area contributed by atoms with Crippen LogP contribution in [0, 0.1) is 0 Å². The van der Waals surface area contributed by atoms with Crippen LogP contribution in [0.25, 0.3) is 22.4 Å². The minimum absolute atomic E-state index is 0.479. The van der Waals surface area contributed by atoms with E-state index in [0.717, 1.165) is 34.0 Å². The van der Waals surface area contributed by atoms with Crippen molar-refractivity contribution in [3.8, 4) is 11.3 Å². The highest BCUT2D eigenvalue weighted by Crippen LogP contribution is 2.33. The van der Waals surface area contributed by atoms with Crippen molar-refractivity contribution in [1.29, 1.82) is 0 Å². The lowest BCUT2D eigenvalue weighted by molar-refractivity contribution is 0.443. The number of benzene rings is 2. The van der Waals surface area contributed by atoms with Gasteiger partial charge in [0.05, 0.1) is 17.6 Å². The largest absolute Gasteiger partial charge is 0.423 e. The quantitative estimate of drug-likeness (QED) is 0.436. The van der Waals surface area contributed by atoms with Gasteiger partial charge in [0.15, 0.2) is 5.58 Å². The highest BCUT2D eigenvalue weighted by Gasteiger charge is 2.15. The molecule has 0 atom stereocenters. The van der Waals surface area contributed by atoms with Crippen molar-refractivity contribution in [3.63, 3.8) is 0 Å². The molecule has 1 saturated carbocycles. The number of fused-ring (bicyclic) bond motifs is 1. The molecule has 4 nitrogen and oxygen atoms in total. The van der Waals surface area contributed by atoms with E-state index in [9.17, 15) is 0 Å². The van der Waals surface area contributed by atoms with Gasteiger partial charge < -0.3 is 9.73 Å². The van der Waals surface area contributed by atoms with Crippen molar-refractivity contribution < 1.29 is 4.42 Å². The zero-order valence-corrected chi connectivity index (χ0v) is 15.8. The predicted octanol–water partition coefficient (Wildman–Crippen LogP) is 6.68. The minimum Gasteiger partial charge on any atom is -0.423 e. The van der Waals surface area contributed by atoms with E-state index in [4.69, 9.17) is 4.42 Å². The zero-order chi connectivity index (χ0) is 18.8. The number of aromatic nitrogens is 2. The molecular weight excluding hydrogens is 346 g/mol. The minimum atomic E-state index is 0.479. The van der Waals surface area contributed by atoms with Crippen LogP contribution >= 0.6 is 0 Å². The van der Waals surface area contributed by atoms with Crippen LogP contribution in [0.5, 0.6) is 0 Å². The lowest BCUT2D eigenvalue weighted by Gasteiger charge is -2.22. The SMILES string of the molecule is c1ccc2oc(Nc3ccc(-c4ccc(C5CCCCC5)cc4)nc3)nc2c1. The molecule has 0 unspecified atom stereocenters. The molecule has 28 heavy (non-hydrogen) atoms. The summed E-state index contributed by atoms with van der Waals surface area (Å²) in [6.45, 7) is 0. The molecule has 0 aliphatic heterocycles. The Balaban J connectivity index is 1.30. The first kappa shape index (κ1) is 17.0. The fraction of sp³-hybridized carbons (Fsp3) is 0.250. The standard InChI is InChI=1S/C24H23N3O/c1-2-6-17(7-3-1)18-10-12-19(13-11-18)21-15-14-20(16-25-21)26-24-27-22-8-4-5-9-23(22)28-24/h4-5,8-17H,1-3,6-7H2,(H,26,27). The molecule has 2 aromatic heterocycles. The summed E-state index contributed by atoms with van der Waals surface area (Å²) in [7, 11) is 0. The van der Waals surface area contributed by atoms with Gasteiger partial charge >= 0.3 is 0 Å². The van der Waals surface area contributed by atoms with Crippen molar-refractivity contribution in [2.45, 2.75) is 38.0 Å². The number of anilines is 2. The van der Waals surface area contributed by atoms with Crippen molar-refractivity contribution in [2.75, 3.05) is 5.32 Å². The molecule has 0 amide bonds. The molecule has 4 heteroatoms. The molecule has 5 rings (SSSR count). The first-order chi connectivity index (χ1) is 13.8. The Morgan fingerprint density at radius 1 is 0.857 bits per heavy atom. The third-order valence-corrected chi connectivity index (χ3v) is 5.59. The van der Waals surface area contributed by atoms with E-state index in [2.05, 4.69) is 39.6 Å². The van der Waals surface area contributed by atoms with Gasteiger partial charge in [-0.1, -0.05) is 55.7 Å². The average Bonchev–Trinajstić information content (AvgIpc) is 3.17. The summed E-state index contributed by atoms with van der Waals surface area (Å²) in [5.41, 5.74) is 6.05. The van der Waals surface area contributed by atoms with Gasteiger partial charge in [0.25, 0.3) is 6.01 Å². The normalized spacial score (nSPS) is 15.0. The smallest absolute Gasteiger partial charge is 0.300 e. The highest BCUT2D eigenvalue weighted by molar-refractivity contribution is 5.75. The first-order valence-electron chi connectivity index (χ1n) is 10.0. The Labute approximate surface area is 164 Å². The number of para-hydroxylation sites is 2. The Morgan fingerprint density at radius 3 is 2.43 bits per heavy atom. The van der Waals surface area contributed by atoms with Gasteiger partial charge in [-0.15, -0.1) is 0 Å². The summed E-state index contributed by atoms with van der Waals surface area (Å²) in [6, 6.07) is 21.2. The van der Waals surface area contributed by atoms with Crippen LogP contribution in [0.1, 0.15) is 43.6 Å². The molecule has 140 valence electrons. The van der Waals surface area contributed by atoms with Crippen LogP contribution in [0.4, 0.5) is 11.7 Å². The van der Waals surface area contributed by atoms with E-state index in [-0.39, 0.29) is 0 Å². The topological polar surface area (TPSA) is 51.0 Å². The second-order valence-corrected chi connectivity index (χ2v) is 7.50. The number of nitrogens with one attached hydrogen (secondary N) is 1.